The topological polar surface area (TPSA) is 0 Å². The molecule has 2 heteroatoms. The Morgan fingerprint density at radius 3 is 2.62 bits per heavy atom. The van der Waals surface area contributed by atoms with E-state index in [-0.39, 0.29) is 0 Å². The van der Waals surface area contributed by atoms with Crippen LogP contribution in [0.15, 0.2) is 30.4 Å². The van der Waals surface area contributed by atoms with Crippen LogP contribution in [0.4, 0.5) is 0 Å². The molecule has 0 fully saturated rings. The first-order valence-corrected chi connectivity index (χ1v) is 4.93. The third-order valence-electron chi connectivity index (χ3n) is 1.84. The second-order valence-corrected chi connectivity index (χ2v) is 4.04. The summed E-state index contributed by atoms with van der Waals surface area (Å²) in [6.07, 6.45) is 1.91. The highest BCUT2D eigenvalue weighted by molar-refractivity contribution is 6.35. The molecule has 1 aromatic rings. The van der Waals surface area contributed by atoms with E-state index in [1.165, 1.54) is 5.57 Å². The molecule has 0 aliphatic heterocycles. The lowest BCUT2D eigenvalue weighted by Gasteiger charge is -2.03. The van der Waals surface area contributed by atoms with Crippen LogP contribution in [0, 0.1) is 0 Å². The maximum atomic E-state index is 6.00. The van der Waals surface area contributed by atoms with Crippen LogP contribution in [0.25, 0.3) is 0 Å². The van der Waals surface area contributed by atoms with E-state index < -0.39 is 0 Å². The van der Waals surface area contributed by atoms with Gasteiger partial charge in [-0.2, -0.15) is 0 Å². The summed E-state index contributed by atoms with van der Waals surface area (Å²) >= 11 is 11.8. The van der Waals surface area contributed by atoms with E-state index >= 15 is 0 Å². The minimum atomic E-state index is 0.684. The van der Waals surface area contributed by atoms with Crippen molar-refractivity contribution in [3.05, 3.63) is 46.0 Å². The Bertz CT molecular complexity index is 316. The lowest BCUT2D eigenvalue weighted by Crippen LogP contribution is -1.87. The molecule has 0 saturated heterocycles. The van der Waals surface area contributed by atoms with Crippen molar-refractivity contribution in [1.82, 2.24) is 0 Å². The number of hydrogen-bond donors (Lipinski definition) is 0. The Labute approximate surface area is 89.2 Å². The molecule has 70 valence electrons. The number of halogens is 2. The molecule has 0 radical (unpaired) electrons. The fourth-order valence-electron chi connectivity index (χ4n) is 1.07. The van der Waals surface area contributed by atoms with Crippen LogP contribution < -0.4 is 0 Å². The van der Waals surface area contributed by atoms with Crippen molar-refractivity contribution < 1.29 is 0 Å². The Morgan fingerprint density at radius 1 is 1.38 bits per heavy atom. The summed E-state index contributed by atoms with van der Waals surface area (Å²) in [6.45, 7) is 5.87. The largest absolute Gasteiger partial charge is 0.100 e. The van der Waals surface area contributed by atoms with Gasteiger partial charge < -0.3 is 0 Å². The van der Waals surface area contributed by atoms with Crippen molar-refractivity contribution in [3.63, 3.8) is 0 Å². The number of hydrogen-bond acceptors (Lipinski definition) is 0. The van der Waals surface area contributed by atoms with Gasteiger partial charge in [0.2, 0.25) is 0 Å². The van der Waals surface area contributed by atoms with Crippen LogP contribution in [-0.2, 0) is 6.42 Å². The molecule has 0 heterocycles. The third kappa shape index (κ3) is 3.41. The highest BCUT2D eigenvalue weighted by atomic mass is 35.5. The summed E-state index contributed by atoms with van der Waals surface area (Å²) < 4.78 is 0. The van der Waals surface area contributed by atoms with Crippen LogP contribution >= 0.6 is 23.2 Å². The standard InChI is InChI=1S/C11H12Cl2/c1-8(2)3-4-9-5-6-10(12)7-11(9)13/h5-7H,1,3-4H2,2H3. The molecular weight excluding hydrogens is 203 g/mol. The van der Waals surface area contributed by atoms with Gasteiger partial charge in [0.1, 0.15) is 0 Å². The van der Waals surface area contributed by atoms with Crippen LogP contribution in [0.5, 0.6) is 0 Å². The lowest BCUT2D eigenvalue weighted by molar-refractivity contribution is 0.946. The van der Waals surface area contributed by atoms with Crippen molar-refractivity contribution >= 4 is 23.2 Å². The van der Waals surface area contributed by atoms with Crippen LogP contribution in [-0.4, -0.2) is 0 Å². The third-order valence-corrected chi connectivity index (χ3v) is 2.42. The van der Waals surface area contributed by atoms with Crippen molar-refractivity contribution in [2.24, 2.45) is 0 Å². The summed E-state index contributed by atoms with van der Waals surface area (Å²) in [5, 5.41) is 1.43. The smallest absolute Gasteiger partial charge is 0.0452 e. The van der Waals surface area contributed by atoms with E-state index in [1.807, 2.05) is 19.1 Å². The van der Waals surface area contributed by atoms with Crippen molar-refractivity contribution in [3.8, 4) is 0 Å². The molecule has 0 bridgehead atoms. The summed E-state index contributed by atoms with van der Waals surface area (Å²) in [5.41, 5.74) is 2.31. The SMILES string of the molecule is C=C(C)CCc1ccc(Cl)cc1Cl. The molecule has 0 atom stereocenters. The second-order valence-electron chi connectivity index (χ2n) is 3.19. The van der Waals surface area contributed by atoms with Crippen LogP contribution in [0.1, 0.15) is 18.9 Å². The van der Waals surface area contributed by atoms with Crippen molar-refractivity contribution in [1.29, 1.82) is 0 Å². The van der Waals surface area contributed by atoms with E-state index in [4.69, 9.17) is 23.2 Å². The molecule has 0 unspecified atom stereocenters. The van der Waals surface area contributed by atoms with E-state index in [2.05, 4.69) is 6.58 Å². The molecule has 0 N–H and O–H groups in total. The quantitative estimate of drug-likeness (QED) is 0.651. The molecule has 0 saturated carbocycles. The average molecular weight is 215 g/mol. The maximum Gasteiger partial charge on any atom is 0.0452 e. The molecule has 0 aliphatic rings. The van der Waals surface area contributed by atoms with Gasteiger partial charge in [-0.25, -0.2) is 0 Å². The van der Waals surface area contributed by atoms with Gasteiger partial charge >= 0.3 is 0 Å². The Hall–Kier alpha value is -0.460. The van der Waals surface area contributed by atoms with Crippen LogP contribution in [0.2, 0.25) is 10.0 Å². The summed E-state index contributed by atoms with van der Waals surface area (Å²) in [7, 11) is 0. The molecule has 0 nitrogen and oxygen atoms in total. The molecular formula is C11H12Cl2. The first-order valence-electron chi connectivity index (χ1n) is 4.18. The number of aryl methyl sites for hydroxylation is 1. The van der Waals surface area contributed by atoms with E-state index in [0.717, 1.165) is 23.4 Å². The van der Waals surface area contributed by atoms with E-state index in [1.54, 1.807) is 6.07 Å². The zero-order chi connectivity index (χ0) is 9.84. The van der Waals surface area contributed by atoms with E-state index in [0.29, 0.717) is 5.02 Å². The zero-order valence-electron chi connectivity index (χ0n) is 7.61. The molecule has 0 amide bonds. The monoisotopic (exact) mass is 214 g/mol. The average Bonchev–Trinajstić information content (AvgIpc) is 2.02. The summed E-state index contributed by atoms with van der Waals surface area (Å²) in [6, 6.07) is 5.60. The molecule has 0 spiro atoms. The van der Waals surface area contributed by atoms with Gasteiger partial charge in [-0.15, -0.1) is 6.58 Å². The van der Waals surface area contributed by atoms with Crippen LogP contribution in [0.3, 0.4) is 0 Å². The predicted octanol–water partition coefficient (Wildman–Crippen LogP) is 4.50. The number of allylic oxidation sites excluding steroid dienone is 1. The van der Waals surface area contributed by atoms with Gasteiger partial charge in [0.05, 0.1) is 0 Å². The summed E-state index contributed by atoms with van der Waals surface area (Å²) in [4.78, 5) is 0. The molecule has 0 aromatic heterocycles. The highest BCUT2D eigenvalue weighted by Gasteiger charge is 2.00. The van der Waals surface area contributed by atoms with Gasteiger partial charge in [-0.05, 0) is 37.5 Å². The minimum absolute atomic E-state index is 0.684. The van der Waals surface area contributed by atoms with Gasteiger partial charge in [-0.1, -0.05) is 34.8 Å². The number of benzene rings is 1. The Balaban J connectivity index is 2.72. The van der Waals surface area contributed by atoms with Gasteiger partial charge in [-0.3, -0.25) is 0 Å². The number of rotatable bonds is 3. The molecule has 1 rings (SSSR count). The Morgan fingerprint density at radius 2 is 2.08 bits per heavy atom. The fraction of sp³-hybridized carbons (Fsp3) is 0.273. The predicted molar refractivity (Wildman–Crippen MR) is 59.6 cm³/mol. The maximum absolute atomic E-state index is 6.00. The lowest BCUT2D eigenvalue weighted by atomic mass is 10.1. The minimum Gasteiger partial charge on any atom is -0.100 e. The first-order chi connectivity index (χ1) is 6.09. The van der Waals surface area contributed by atoms with Gasteiger partial charge in [0.25, 0.3) is 0 Å². The molecule has 1 aromatic carbocycles. The van der Waals surface area contributed by atoms with E-state index in [9.17, 15) is 0 Å². The fourth-order valence-corrected chi connectivity index (χ4v) is 1.58. The highest BCUT2D eigenvalue weighted by Crippen LogP contribution is 2.22. The summed E-state index contributed by atoms with van der Waals surface area (Å²) in [5.74, 6) is 0. The first kappa shape index (κ1) is 10.6. The van der Waals surface area contributed by atoms with Crippen molar-refractivity contribution in [2.45, 2.75) is 19.8 Å². The van der Waals surface area contributed by atoms with Crippen molar-refractivity contribution in [2.75, 3.05) is 0 Å². The zero-order valence-corrected chi connectivity index (χ0v) is 9.12. The molecule has 13 heavy (non-hydrogen) atoms. The van der Waals surface area contributed by atoms with Gasteiger partial charge in [0.15, 0.2) is 0 Å². The molecule has 0 aliphatic carbocycles. The normalized spacial score (nSPS) is 10.1. The second kappa shape index (κ2) is 4.69. The van der Waals surface area contributed by atoms with Gasteiger partial charge in [0, 0.05) is 10.0 Å². The Kier molecular flexibility index (Phi) is 3.83.